The maximum atomic E-state index is 13.5. The van der Waals surface area contributed by atoms with Crippen molar-refractivity contribution in [1.82, 2.24) is 19.2 Å². The second-order valence-electron chi connectivity index (χ2n) is 12.0. The second-order valence-corrected chi connectivity index (χ2v) is 15.5. The van der Waals surface area contributed by atoms with Crippen molar-refractivity contribution in [2.45, 2.75) is 88.9 Å². The summed E-state index contributed by atoms with van der Waals surface area (Å²) in [7, 11) is -7.86. The Balaban J connectivity index is 1.72. The van der Waals surface area contributed by atoms with Crippen LogP contribution >= 0.6 is 0 Å². The van der Waals surface area contributed by atoms with Gasteiger partial charge in [-0.1, -0.05) is 53.4 Å². The van der Waals surface area contributed by atoms with Crippen molar-refractivity contribution >= 4 is 31.6 Å². The molecule has 256 valence electrons. The summed E-state index contributed by atoms with van der Waals surface area (Å²) in [6, 6.07) is 7.77. The normalized spacial score (nSPS) is 13.4. The van der Waals surface area contributed by atoms with Crippen molar-refractivity contribution in [3.8, 4) is 0 Å². The van der Waals surface area contributed by atoms with Crippen LogP contribution in [0.2, 0.25) is 0 Å². The Bertz CT molecular complexity index is 1410. The number of rotatable bonds is 22. The van der Waals surface area contributed by atoms with Crippen molar-refractivity contribution in [2.75, 3.05) is 52.4 Å². The number of unbranched alkanes of at least 4 members (excludes halogenated alkanes) is 4. The molecule has 3 rings (SSSR count). The first kappa shape index (κ1) is 38.0. The number of carbonyl (C=O) groups excluding carboxylic acids is 2. The zero-order valence-corrected chi connectivity index (χ0v) is 29.6. The Hall–Kier alpha value is -2.48. The van der Waals surface area contributed by atoms with Gasteiger partial charge in [-0.15, -0.1) is 0 Å². The lowest BCUT2D eigenvalue weighted by atomic mass is 9.84. The van der Waals surface area contributed by atoms with Crippen LogP contribution in [0.3, 0.4) is 0 Å². The molecule has 0 saturated carbocycles. The molecule has 0 unspecified atom stereocenters. The maximum Gasteiger partial charge on any atom is 0.240 e. The van der Waals surface area contributed by atoms with Crippen molar-refractivity contribution in [3.63, 3.8) is 0 Å². The van der Waals surface area contributed by atoms with Crippen molar-refractivity contribution in [3.05, 3.63) is 58.7 Å². The topological polar surface area (TPSA) is 133 Å². The van der Waals surface area contributed by atoms with Gasteiger partial charge in [0, 0.05) is 48.4 Å². The molecule has 0 atom stereocenters. The highest BCUT2D eigenvalue weighted by Gasteiger charge is 2.32. The van der Waals surface area contributed by atoms with Gasteiger partial charge in [-0.2, -0.15) is 0 Å². The van der Waals surface area contributed by atoms with Gasteiger partial charge in [0.25, 0.3) is 0 Å². The van der Waals surface area contributed by atoms with E-state index in [1.54, 1.807) is 0 Å². The molecule has 0 aromatic heterocycles. The van der Waals surface area contributed by atoms with E-state index in [2.05, 4.69) is 46.9 Å². The molecular formula is C34H52N4O6S2. The van der Waals surface area contributed by atoms with E-state index in [4.69, 9.17) is 0 Å². The molecule has 46 heavy (non-hydrogen) atoms. The molecule has 0 aliphatic heterocycles. The fourth-order valence-corrected chi connectivity index (χ4v) is 7.58. The summed E-state index contributed by atoms with van der Waals surface area (Å²) in [6.45, 7) is 13.7. The summed E-state index contributed by atoms with van der Waals surface area (Å²) in [5.41, 5.74) is 0.0697. The van der Waals surface area contributed by atoms with Gasteiger partial charge in [0.2, 0.25) is 20.0 Å². The standard InChI is InChI=1S/C34H52N4O6S2/c1-5-9-19-37(20-10-6-2)23-17-35-45(41,42)27-13-15-29-31(25-27)33(39)30-16-14-28(26-32(30)34(29)40)46(43,44)36-18-24-38(21-11-7-3)22-12-8-4/h13-16,25-26,35-36H,5-12,17-24H2,1-4H3. The first-order chi connectivity index (χ1) is 22.0. The van der Waals surface area contributed by atoms with Crippen LogP contribution in [0, 0.1) is 0 Å². The van der Waals surface area contributed by atoms with Crippen LogP contribution in [0.4, 0.5) is 0 Å². The average molecular weight is 677 g/mol. The summed E-state index contributed by atoms with van der Waals surface area (Å²) >= 11 is 0. The van der Waals surface area contributed by atoms with Crippen LogP contribution in [0.5, 0.6) is 0 Å². The van der Waals surface area contributed by atoms with Gasteiger partial charge in [0.1, 0.15) is 0 Å². The van der Waals surface area contributed by atoms with Crippen LogP contribution in [0.25, 0.3) is 0 Å². The van der Waals surface area contributed by atoms with E-state index in [9.17, 15) is 26.4 Å². The Morgan fingerprint density at radius 3 is 1.13 bits per heavy atom. The summed E-state index contributed by atoms with van der Waals surface area (Å²) in [5.74, 6) is -1.04. The minimum atomic E-state index is -3.93. The van der Waals surface area contributed by atoms with Crippen molar-refractivity contribution in [1.29, 1.82) is 0 Å². The van der Waals surface area contributed by atoms with E-state index in [0.717, 1.165) is 77.5 Å². The van der Waals surface area contributed by atoms with Gasteiger partial charge in [0.05, 0.1) is 9.79 Å². The Labute approximate surface area is 276 Å². The summed E-state index contributed by atoms with van der Waals surface area (Å²) in [6.07, 6.45) is 8.41. The van der Waals surface area contributed by atoms with Crippen LogP contribution in [-0.4, -0.2) is 90.6 Å². The molecule has 0 fully saturated rings. The van der Waals surface area contributed by atoms with Gasteiger partial charge in [-0.05, 0) is 88.3 Å². The summed E-state index contributed by atoms with van der Waals surface area (Å²) in [4.78, 5) is 31.3. The fraction of sp³-hybridized carbons (Fsp3) is 0.588. The molecule has 10 nitrogen and oxygen atoms in total. The lowest BCUT2D eigenvalue weighted by Gasteiger charge is -2.22. The van der Waals surface area contributed by atoms with E-state index in [1.807, 2.05) is 0 Å². The zero-order valence-electron chi connectivity index (χ0n) is 27.9. The molecule has 0 radical (unpaired) electrons. The van der Waals surface area contributed by atoms with Gasteiger partial charge < -0.3 is 9.80 Å². The van der Waals surface area contributed by atoms with Crippen LogP contribution in [-0.2, 0) is 20.0 Å². The molecule has 0 amide bonds. The quantitative estimate of drug-likeness (QED) is 0.155. The molecule has 0 bridgehead atoms. The number of fused-ring (bicyclic) bond motifs is 2. The third-order valence-electron chi connectivity index (χ3n) is 8.33. The average Bonchev–Trinajstić information content (AvgIpc) is 3.04. The molecule has 0 spiro atoms. The van der Waals surface area contributed by atoms with E-state index in [0.29, 0.717) is 13.1 Å². The zero-order chi connectivity index (χ0) is 33.7. The molecule has 2 aromatic rings. The Kier molecular flexibility index (Phi) is 15.0. The highest BCUT2D eigenvalue weighted by molar-refractivity contribution is 7.89. The second kappa shape index (κ2) is 18.2. The molecule has 2 N–H and O–H groups in total. The molecule has 0 saturated heterocycles. The number of nitrogens with one attached hydrogen (secondary N) is 2. The Morgan fingerprint density at radius 2 is 0.826 bits per heavy atom. The highest BCUT2D eigenvalue weighted by Crippen LogP contribution is 2.30. The summed E-state index contributed by atoms with van der Waals surface area (Å²) < 4.78 is 57.9. The molecule has 1 aliphatic rings. The number of carbonyl (C=O) groups is 2. The number of nitrogens with zero attached hydrogens (tertiary/aromatic N) is 2. The maximum absolute atomic E-state index is 13.5. The number of hydrogen-bond acceptors (Lipinski definition) is 8. The third-order valence-corrected chi connectivity index (χ3v) is 11.3. The van der Waals surface area contributed by atoms with Crippen LogP contribution in [0.15, 0.2) is 46.2 Å². The highest BCUT2D eigenvalue weighted by atomic mass is 32.2. The number of sulfonamides is 2. The fourth-order valence-electron chi connectivity index (χ4n) is 5.48. The van der Waals surface area contributed by atoms with Gasteiger partial charge in [-0.3, -0.25) is 9.59 Å². The number of ketones is 2. The van der Waals surface area contributed by atoms with Gasteiger partial charge in [-0.25, -0.2) is 26.3 Å². The molecule has 2 aromatic carbocycles. The van der Waals surface area contributed by atoms with Crippen LogP contribution < -0.4 is 9.44 Å². The minimum Gasteiger partial charge on any atom is -0.302 e. The van der Waals surface area contributed by atoms with Crippen molar-refractivity contribution in [2.24, 2.45) is 0 Å². The third kappa shape index (κ3) is 10.3. The van der Waals surface area contributed by atoms with E-state index in [1.165, 1.54) is 36.4 Å². The van der Waals surface area contributed by atoms with Gasteiger partial charge >= 0.3 is 0 Å². The summed E-state index contributed by atoms with van der Waals surface area (Å²) in [5, 5.41) is 0. The largest absolute Gasteiger partial charge is 0.302 e. The predicted octanol–water partition coefficient (Wildman–Crippen LogP) is 4.82. The van der Waals surface area contributed by atoms with Gasteiger partial charge in [0.15, 0.2) is 11.6 Å². The smallest absolute Gasteiger partial charge is 0.240 e. The predicted molar refractivity (Wildman–Crippen MR) is 183 cm³/mol. The minimum absolute atomic E-state index is 0.0131. The first-order valence-electron chi connectivity index (χ1n) is 16.8. The molecule has 0 heterocycles. The van der Waals surface area contributed by atoms with E-state index < -0.39 is 31.6 Å². The molecular weight excluding hydrogens is 625 g/mol. The van der Waals surface area contributed by atoms with Crippen molar-refractivity contribution < 1.29 is 26.4 Å². The SMILES string of the molecule is CCCCN(CCCC)CCNS(=O)(=O)c1ccc2c(c1)C(=O)c1ccc(S(=O)(=O)NCCN(CCCC)CCCC)cc1C2=O. The van der Waals surface area contributed by atoms with E-state index >= 15 is 0 Å². The molecule has 12 heteroatoms. The number of benzene rings is 2. The number of hydrogen-bond donors (Lipinski definition) is 2. The monoisotopic (exact) mass is 676 g/mol. The first-order valence-corrected chi connectivity index (χ1v) is 19.8. The molecule has 1 aliphatic carbocycles. The lowest BCUT2D eigenvalue weighted by molar-refractivity contribution is 0.0978. The Morgan fingerprint density at radius 1 is 0.500 bits per heavy atom. The van der Waals surface area contributed by atoms with Crippen LogP contribution in [0.1, 0.15) is 111 Å². The lowest BCUT2D eigenvalue weighted by Crippen LogP contribution is -2.36. The van der Waals surface area contributed by atoms with E-state index in [-0.39, 0.29) is 45.1 Å².